The van der Waals surface area contributed by atoms with Gasteiger partial charge in [-0.2, -0.15) is 13.2 Å². The van der Waals surface area contributed by atoms with Crippen LogP contribution in [0.25, 0.3) is 22.6 Å². The number of alkyl halides is 3. The van der Waals surface area contributed by atoms with E-state index in [0.29, 0.717) is 10.9 Å². The van der Waals surface area contributed by atoms with Gasteiger partial charge in [-0.15, -0.1) is 0 Å². The number of rotatable bonds is 2. The van der Waals surface area contributed by atoms with Gasteiger partial charge in [0.15, 0.2) is 0 Å². The van der Waals surface area contributed by atoms with Gasteiger partial charge in [-0.05, 0) is 17.7 Å². The summed E-state index contributed by atoms with van der Waals surface area (Å²) in [6.45, 7) is 0. The van der Waals surface area contributed by atoms with Crippen LogP contribution in [0.5, 0.6) is 0 Å². The monoisotopic (exact) mass is 301 g/mol. The van der Waals surface area contributed by atoms with E-state index in [2.05, 4.69) is 0 Å². The number of aryl methyl sites for hydroxylation is 1. The van der Waals surface area contributed by atoms with Gasteiger partial charge in [0.25, 0.3) is 0 Å². The van der Waals surface area contributed by atoms with Crippen LogP contribution in [0.3, 0.4) is 0 Å². The van der Waals surface area contributed by atoms with Crippen molar-refractivity contribution in [1.82, 2.24) is 4.57 Å². The molecule has 4 heteroatoms. The fourth-order valence-electron chi connectivity index (χ4n) is 2.58. The number of hydrogen-bond donors (Lipinski definition) is 0. The van der Waals surface area contributed by atoms with Gasteiger partial charge < -0.3 is 4.57 Å². The maximum Gasteiger partial charge on any atom is 0.417 e. The van der Waals surface area contributed by atoms with Gasteiger partial charge in [0.1, 0.15) is 0 Å². The summed E-state index contributed by atoms with van der Waals surface area (Å²) < 4.78 is 42.4. The number of para-hydroxylation sites is 1. The van der Waals surface area contributed by atoms with Crippen molar-refractivity contribution in [1.29, 1.82) is 0 Å². The smallest absolute Gasteiger partial charge is 0.350 e. The standard InChI is InChI=1S/C18H14F3N/c1-22-12-15(14-9-5-6-10-17(14)22)16(18(19,20)21)11-13-7-3-2-4-8-13/h2-12H,1H3/b16-11+. The molecule has 0 unspecified atom stereocenters. The van der Waals surface area contributed by atoms with E-state index in [1.165, 1.54) is 12.3 Å². The Morgan fingerprint density at radius 2 is 1.59 bits per heavy atom. The molecule has 0 fully saturated rings. The molecule has 0 radical (unpaired) electrons. The third-order valence-corrected chi connectivity index (χ3v) is 3.60. The maximum absolute atomic E-state index is 13.6. The summed E-state index contributed by atoms with van der Waals surface area (Å²) in [6.07, 6.45) is -1.69. The number of aromatic nitrogens is 1. The van der Waals surface area contributed by atoms with Crippen molar-refractivity contribution in [2.75, 3.05) is 0 Å². The fourth-order valence-corrected chi connectivity index (χ4v) is 2.58. The third-order valence-electron chi connectivity index (χ3n) is 3.60. The second kappa shape index (κ2) is 5.37. The van der Waals surface area contributed by atoms with E-state index in [1.807, 2.05) is 12.1 Å². The van der Waals surface area contributed by atoms with Gasteiger partial charge in [-0.25, -0.2) is 0 Å². The van der Waals surface area contributed by atoms with E-state index in [9.17, 15) is 13.2 Å². The van der Waals surface area contributed by atoms with E-state index in [0.717, 1.165) is 5.52 Å². The molecule has 1 nitrogen and oxygen atoms in total. The Kier molecular flexibility index (Phi) is 3.53. The van der Waals surface area contributed by atoms with Crippen LogP contribution in [-0.4, -0.2) is 10.7 Å². The average Bonchev–Trinajstić information content (AvgIpc) is 2.82. The molecule has 22 heavy (non-hydrogen) atoms. The van der Waals surface area contributed by atoms with Crippen LogP contribution in [-0.2, 0) is 7.05 Å². The summed E-state index contributed by atoms with van der Waals surface area (Å²) in [5.74, 6) is 0. The molecule has 3 rings (SSSR count). The number of halogens is 3. The third kappa shape index (κ3) is 2.64. The Morgan fingerprint density at radius 3 is 2.27 bits per heavy atom. The van der Waals surface area contributed by atoms with E-state index in [-0.39, 0.29) is 5.56 Å². The first-order valence-corrected chi connectivity index (χ1v) is 6.85. The predicted octanol–water partition coefficient (Wildman–Crippen LogP) is 5.28. The summed E-state index contributed by atoms with van der Waals surface area (Å²) in [6, 6.07) is 15.7. The van der Waals surface area contributed by atoms with Crippen LogP contribution in [0, 0.1) is 0 Å². The molecule has 1 heterocycles. The highest BCUT2D eigenvalue weighted by molar-refractivity contribution is 5.98. The van der Waals surface area contributed by atoms with E-state index in [1.54, 1.807) is 54.1 Å². The lowest BCUT2D eigenvalue weighted by molar-refractivity contribution is -0.0682. The van der Waals surface area contributed by atoms with Crippen molar-refractivity contribution >= 4 is 22.6 Å². The number of fused-ring (bicyclic) bond motifs is 1. The molecule has 0 aliphatic heterocycles. The molecule has 0 amide bonds. The molecule has 0 N–H and O–H groups in total. The number of benzene rings is 2. The Balaban J connectivity index is 2.24. The molecule has 3 aromatic rings. The summed E-state index contributed by atoms with van der Waals surface area (Å²) in [5.41, 5.74) is 0.883. The first kappa shape index (κ1) is 14.4. The molecule has 0 saturated heterocycles. The minimum atomic E-state index is -4.42. The second-order valence-corrected chi connectivity index (χ2v) is 5.14. The van der Waals surface area contributed by atoms with Crippen LogP contribution < -0.4 is 0 Å². The van der Waals surface area contributed by atoms with Crippen LogP contribution in [0.4, 0.5) is 13.2 Å². The van der Waals surface area contributed by atoms with E-state index < -0.39 is 11.7 Å². The first-order chi connectivity index (χ1) is 10.5. The van der Waals surface area contributed by atoms with Gasteiger partial charge in [-0.3, -0.25) is 0 Å². The van der Waals surface area contributed by atoms with E-state index in [4.69, 9.17) is 0 Å². The first-order valence-electron chi connectivity index (χ1n) is 6.85. The van der Waals surface area contributed by atoms with Gasteiger partial charge in [0.05, 0.1) is 5.57 Å². The topological polar surface area (TPSA) is 4.93 Å². The molecule has 112 valence electrons. The highest BCUT2D eigenvalue weighted by atomic mass is 19.4. The molecule has 0 atom stereocenters. The van der Waals surface area contributed by atoms with Gasteiger partial charge in [-0.1, -0.05) is 48.5 Å². The number of allylic oxidation sites excluding steroid dienone is 1. The number of nitrogens with zero attached hydrogens (tertiary/aromatic N) is 1. The fraction of sp³-hybridized carbons (Fsp3) is 0.111. The van der Waals surface area contributed by atoms with Crippen molar-refractivity contribution in [3.05, 3.63) is 71.9 Å². The quantitative estimate of drug-likeness (QED) is 0.607. The van der Waals surface area contributed by atoms with Crippen molar-refractivity contribution < 1.29 is 13.2 Å². The summed E-state index contributed by atoms with van der Waals surface area (Å²) >= 11 is 0. The summed E-state index contributed by atoms with van der Waals surface area (Å²) in [7, 11) is 1.75. The van der Waals surface area contributed by atoms with E-state index >= 15 is 0 Å². The van der Waals surface area contributed by atoms with Crippen LogP contribution in [0.15, 0.2) is 60.8 Å². The van der Waals surface area contributed by atoms with Crippen molar-refractivity contribution in [3.8, 4) is 0 Å². The Morgan fingerprint density at radius 1 is 0.955 bits per heavy atom. The van der Waals surface area contributed by atoms with Gasteiger partial charge >= 0.3 is 6.18 Å². The molecular formula is C18H14F3N. The SMILES string of the molecule is Cn1cc(/C(=C\c2ccccc2)C(F)(F)F)c2ccccc21. The van der Waals surface area contributed by atoms with Crippen molar-refractivity contribution in [2.45, 2.75) is 6.18 Å². The lowest BCUT2D eigenvalue weighted by Gasteiger charge is -2.11. The van der Waals surface area contributed by atoms with Gasteiger partial charge in [0.2, 0.25) is 0 Å². The second-order valence-electron chi connectivity index (χ2n) is 5.14. The lowest BCUT2D eigenvalue weighted by atomic mass is 10.0. The molecule has 2 aromatic carbocycles. The Bertz CT molecular complexity index is 826. The number of hydrogen-bond acceptors (Lipinski definition) is 0. The largest absolute Gasteiger partial charge is 0.417 e. The highest BCUT2D eigenvalue weighted by Gasteiger charge is 2.36. The minimum absolute atomic E-state index is 0.203. The molecule has 0 aliphatic carbocycles. The zero-order valence-electron chi connectivity index (χ0n) is 11.9. The van der Waals surface area contributed by atoms with Crippen molar-refractivity contribution in [2.24, 2.45) is 7.05 Å². The summed E-state index contributed by atoms with van der Waals surface area (Å²) in [4.78, 5) is 0. The normalized spacial score (nSPS) is 12.8. The highest BCUT2D eigenvalue weighted by Crippen LogP contribution is 2.39. The average molecular weight is 301 g/mol. The zero-order valence-corrected chi connectivity index (χ0v) is 11.9. The predicted molar refractivity (Wildman–Crippen MR) is 83.3 cm³/mol. The minimum Gasteiger partial charge on any atom is -0.350 e. The Hall–Kier alpha value is -2.49. The summed E-state index contributed by atoms with van der Waals surface area (Å²) in [5, 5.41) is 0.601. The van der Waals surface area contributed by atoms with Gasteiger partial charge in [0, 0.05) is 29.7 Å². The molecular weight excluding hydrogens is 287 g/mol. The lowest BCUT2D eigenvalue weighted by Crippen LogP contribution is -2.10. The van der Waals surface area contributed by atoms with Crippen LogP contribution in [0.1, 0.15) is 11.1 Å². The molecule has 1 aromatic heterocycles. The zero-order chi connectivity index (χ0) is 15.7. The maximum atomic E-state index is 13.6. The Labute approximate surface area is 126 Å². The molecule has 0 bridgehead atoms. The van der Waals surface area contributed by atoms with Crippen LogP contribution in [0.2, 0.25) is 0 Å². The van der Waals surface area contributed by atoms with Crippen molar-refractivity contribution in [3.63, 3.8) is 0 Å². The molecule has 0 spiro atoms. The molecule has 0 saturated carbocycles. The van der Waals surface area contributed by atoms with Crippen LogP contribution >= 0.6 is 0 Å². The molecule has 0 aliphatic rings.